The highest BCUT2D eigenvalue weighted by atomic mass is 14.8. The van der Waals surface area contributed by atoms with Gasteiger partial charge in [-0.25, -0.2) is 0 Å². The highest BCUT2D eigenvalue weighted by molar-refractivity contribution is 5.00. The Hall–Kier alpha value is -0.0400. The zero-order chi connectivity index (χ0) is 6.32. The second-order valence-corrected chi connectivity index (χ2v) is 3.71. The molecule has 0 aromatic rings. The van der Waals surface area contributed by atoms with Gasteiger partial charge in [-0.2, -0.15) is 0 Å². The molecule has 0 aliphatic heterocycles. The number of hydrogen-bond donors (Lipinski definition) is 1. The lowest BCUT2D eigenvalue weighted by Gasteiger charge is -2.45. The van der Waals surface area contributed by atoms with Crippen molar-refractivity contribution in [1.29, 1.82) is 0 Å². The van der Waals surface area contributed by atoms with Crippen LogP contribution < -0.4 is 5.73 Å². The predicted octanol–water partition coefficient (Wildman–Crippen LogP) is 1.67. The van der Waals surface area contributed by atoms with E-state index < -0.39 is 0 Å². The lowest BCUT2D eigenvalue weighted by Crippen LogP contribution is -2.48. The molecule has 2 N–H and O–H groups in total. The molecule has 0 bridgehead atoms. The molecule has 0 radical (unpaired) electrons. The molecule has 0 saturated heterocycles. The van der Waals surface area contributed by atoms with Gasteiger partial charge in [0, 0.05) is 6.04 Å². The number of hydrogen-bond acceptors (Lipinski definition) is 1. The maximum absolute atomic E-state index is 5.92. The molecule has 1 nitrogen and oxygen atoms in total. The molecule has 0 amide bonds. The maximum atomic E-state index is 5.92. The first-order valence-corrected chi connectivity index (χ1v) is 4.09. The summed E-state index contributed by atoms with van der Waals surface area (Å²) in [4.78, 5) is 0. The van der Waals surface area contributed by atoms with Crippen molar-refractivity contribution in [3.8, 4) is 0 Å². The van der Waals surface area contributed by atoms with Crippen LogP contribution in [0.1, 0.15) is 38.5 Å². The maximum Gasteiger partial charge on any atom is 0.00957 e. The van der Waals surface area contributed by atoms with Gasteiger partial charge in [-0.3, -0.25) is 0 Å². The van der Waals surface area contributed by atoms with E-state index in [1.807, 2.05) is 0 Å². The van der Waals surface area contributed by atoms with Gasteiger partial charge in [0.2, 0.25) is 0 Å². The summed E-state index contributed by atoms with van der Waals surface area (Å²) in [6.07, 6.45) is 8.44. The summed E-state index contributed by atoms with van der Waals surface area (Å²) in [5.41, 5.74) is 6.57. The molecule has 2 saturated carbocycles. The van der Waals surface area contributed by atoms with E-state index in [9.17, 15) is 0 Å². The van der Waals surface area contributed by atoms with Gasteiger partial charge in [0.1, 0.15) is 0 Å². The second-order valence-electron chi connectivity index (χ2n) is 3.71. The van der Waals surface area contributed by atoms with Crippen molar-refractivity contribution in [2.45, 2.75) is 44.6 Å². The van der Waals surface area contributed by atoms with Gasteiger partial charge in [0.25, 0.3) is 0 Å². The molecule has 2 aliphatic carbocycles. The number of rotatable bonds is 0. The smallest absolute Gasteiger partial charge is 0.00957 e. The minimum atomic E-state index is 0.569. The Morgan fingerprint density at radius 1 is 1.11 bits per heavy atom. The Morgan fingerprint density at radius 2 is 1.78 bits per heavy atom. The van der Waals surface area contributed by atoms with Crippen molar-refractivity contribution >= 4 is 0 Å². The van der Waals surface area contributed by atoms with E-state index in [0.717, 1.165) is 0 Å². The van der Waals surface area contributed by atoms with E-state index in [1.54, 1.807) is 0 Å². The summed E-state index contributed by atoms with van der Waals surface area (Å²) in [6, 6.07) is 0.569. The molecule has 1 heteroatoms. The average Bonchev–Trinajstić information content (AvgIpc) is 2.34. The van der Waals surface area contributed by atoms with Crippen LogP contribution >= 0.6 is 0 Å². The zero-order valence-electron chi connectivity index (χ0n) is 5.90. The third kappa shape index (κ3) is 0.644. The first-order valence-electron chi connectivity index (χ1n) is 4.09. The van der Waals surface area contributed by atoms with Crippen LogP contribution in [0.3, 0.4) is 0 Å². The van der Waals surface area contributed by atoms with Crippen molar-refractivity contribution in [2.75, 3.05) is 0 Å². The highest BCUT2D eigenvalue weighted by Crippen LogP contribution is 2.52. The van der Waals surface area contributed by atoms with Crippen LogP contribution in [0, 0.1) is 5.41 Å². The molecule has 1 atom stereocenters. The van der Waals surface area contributed by atoms with Crippen molar-refractivity contribution < 1.29 is 0 Å². The summed E-state index contributed by atoms with van der Waals surface area (Å²) >= 11 is 0. The Kier molecular flexibility index (Phi) is 1.10. The van der Waals surface area contributed by atoms with Crippen LogP contribution in [0.2, 0.25) is 0 Å². The topological polar surface area (TPSA) is 26.0 Å². The summed E-state index contributed by atoms with van der Waals surface area (Å²) < 4.78 is 0. The first kappa shape index (κ1) is 5.72. The highest BCUT2D eigenvalue weighted by Gasteiger charge is 2.45. The van der Waals surface area contributed by atoms with Crippen molar-refractivity contribution in [2.24, 2.45) is 11.1 Å². The molecule has 2 fully saturated rings. The normalized spacial score (nSPS) is 39.0. The first-order chi connectivity index (χ1) is 4.33. The second kappa shape index (κ2) is 1.72. The van der Waals surface area contributed by atoms with Gasteiger partial charge >= 0.3 is 0 Å². The van der Waals surface area contributed by atoms with Gasteiger partial charge < -0.3 is 5.73 Å². The summed E-state index contributed by atoms with van der Waals surface area (Å²) in [7, 11) is 0. The zero-order valence-corrected chi connectivity index (χ0v) is 5.90. The van der Waals surface area contributed by atoms with E-state index in [2.05, 4.69) is 0 Å². The fourth-order valence-corrected chi connectivity index (χ4v) is 2.42. The lowest BCUT2D eigenvalue weighted by atomic mass is 9.64. The van der Waals surface area contributed by atoms with Gasteiger partial charge in [-0.15, -0.1) is 0 Å². The Labute approximate surface area is 56.6 Å². The van der Waals surface area contributed by atoms with Gasteiger partial charge in [-0.1, -0.05) is 12.8 Å². The fourth-order valence-electron chi connectivity index (χ4n) is 2.42. The molecule has 1 spiro atoms. The molecular weight excluding hydrogens is 110 g/mol. The van der Waals surface area contributed by atoms with Crippen LogP contribution in [0.15, 0.2) is 0 Å². The van der Waals surface area contributed by atoms with Crippen LogP contribution in [-0.4, -0.2) is 6.04 Å². The minimum Gasteiger partial charge on any atom is -0.327 e. The number of nitrogens with two attached hydrogens (primary N) is 1. The summed E-state index contributed by atoms with van der Waals surface area (Å²) in [5.74, 6) is 0. The fraction of sp³-hybridized carbons (Fsp3) is 1.00. The Bertz CT molecular complexity index is 114. The summed E-state index contributed by atoms with van der Waals surface area (Å²) in [6.45, 7) is 0. The third-order valence-electron chi connectivity index (χ3n) is 3.34. The molecule has 0 aromatic heterocycles. The van der Waals surface area contributed by atoms with Gasteiger partial charge in [0.15, 0.2) is 0 Å². The quantitative estimate of drug-likeness (QED) is 0.523. The molecular formula is C8H15N. The van der Waals surface area contributed by atoms with Gasteiger partial charge in [0.05, 0.1) is 0 Å². The van der Waals surface area contributed by atoms with E-state index >= 15 is 0 Å². The van der Waals surface area contributed by atoms with E-state index in [1.165, 1.54) is 38.5 Å². The SMILES string of the molecule is NC1CCC12CCCC2. The molecule has 0 heterocycles. The third-order valence-corrected chi connectivity index (χ3v) is 3.34. The van der Waals surface area contributed by atoms with E-state index in [0.29, 0.717) is 11.5 Å². The van der Waals surface area contributed by atoms with Crippen LogP contribution in [0.25, 0.3) is 0 Å². The van der Waals surface area contributed by atoms with Crippen LogP contribution in [-0.2, 0) is 0 Å². The van der Waals surface area contributed by atoms with E-state index in [4.69, 9.17) is 5.73 Å². The Balaban J connectivity index is 2.06. The minimum absolute atomic E-state index is 0.569. The molecule has 0 aromatic carbocycles. The molecule has 1 unspecified atom stereocenters. The van der Waals surface area contributed by atoms with Crippen molar-refractivity contribution in [3.63, 3.8) is 0 Å². The largest absolute Gasteiger partial charge is 0.327 e. The molecule has 52 valence electrons. The van der Waals surface area contributed by atoms with Crippen LogP contribution in [0.5, 0.6) is 0 Å². The van der Waals surface area contributed by atoms with Gasteiger partial charge in [-0.05, 0) is 31.1 Å². The Morgan fingerprint density at radius 3 is 2.00 bits per heavy atom. The average molecular weight is 125 g/mol. The monoisotopic (exact) mass is 125 g/mol. The predicted molar refractivity (Wildman–Crippen MR) is 38.1 cm³/mol. The van der Waals surface area contributed by atoms with E-state index in [-0.39, 0.29) is 0 Å². The molecule has 2 rings (SSSR count). The van der Waals surface area contributed by atoms with Crippen molar-refractivity contribution in [1.82, 2.24) is 0 Å². The summed E-state index contributed by atoms with van der Waals surface area (Å²) in [5, 5.41) is 0. The van der Waals surface area contributed by atoms with Crippen LogP contribution in [0.4, 0.5) is 0 Å². The van der Waals surface area contributed by atoms with Crippen molar-refractivity contribution in [3.05, 3.63) is 0 Å². The molecule has 9 heavy (non-hydrogen) atoms. The molecule has 2 aliphatic rings. The lowest BCUT2D eigenvalue weighted by molar-refractivity contribution is 0.102. The standard InChI is InChI=1S/C8H15N/c9-7-3-6-8(7)4-1-2-5-8/h7H,1-6,9H2.